The number of hydrogen-bond donors (Lipinski definition) is 2. The zero-order valence-electron chi connectivity index (χ0n) is 39.1. The molecule has 0 fully saturated rings. The van der Waals surface area contributed by atoms with Gasteiger partial charge in [-0.25, -0.2) is 19.9 Å². The Morgan fingerprint density at radius 3 is 1.20 bits per heavy atom. The predicted molar refractivity (Wildman–Crippen MR) is 302 cm³/mol. The van der Waals surface area contributed by atoms with Gasteiger partial charge in [-0.05, 0) is 85.6 Å². The minimum atomic E-state index is -1.48. The van der Waals surface area contributed by atoms with Crippen molar-refractivity contribution in [2.75, 3.05) is 0 Å². The molecule has 12 heteroatoms. The third kappa shape index (κ3) is 9.10. The van der Waals surface area contributed by atoms with Gasteiger partial charge in [0.25, 0.3) is 0 Å². The van der Waals surface area contributed by atoms with E-state index in [0.717, 1.165) is 120 Å². The highest BCUT2D eigenvalue weighted by molar-refractivity contribution is 9.10. The Labute approximate surface area is 437 Å². The number of rotatable bonds is 6. The van der Waals surface area contributed by atoms with Gasteiger partial charge in [-0.15, -0.1) is 0 Å². The van der Waals surface area contributed by atoms with E-state index in [2.05, 4.69) is 111 Å². The molecule has 14 rings (SSSR count). The van der Waals surface area contributed by atoms with Gasteiger partial charge in [0.2, 0.25) is 5.28 Å². The van der Waals surface area contributed by atoms with Crippen LogP contribution in [0.1, 0.15) is 0 Å². The second-order valence-electron chi connectivity index (χ2n) is 17.5. The molecule has 2 N–H and O–H groups in total. The summed E-state index contributed by atoms with van der Waals surface area (Å²) in [6, 6.07) is 66.9. The number of benzene rings is 9. The fraction of sp³-hybridized carbons (Fsp3) is 0. The predicted octanol–water partition coefficient (Wildman–Crippen LogP) is 15.8. The average Bonchev–Trinajstić information content (AvgIpc) is 4.16. The molecular formula is C62H39BBrClN4O5. The van der Waals surface area contributed by atoms with Crippen molar-refractivity contribution in [2.45, 2.75) is 0 Å². The molecular weight excluding hydrogens is 1010 g/mol. The van der Waals surface area contributed by atoms with Crippen LogP contribution < -0.4 is 5.46 Å². The Bertz CT molecular complexity index is 4150. The first-order chi connectivity index (χ1) is 36.3. The minimum Gasteiger partial charge on any atom is -0.455 e. The van der Waals surface area contributed by atoms with Crippen LogP contribution in [0.25, 0.3) is 122 Å². The summed E-state index contributed by atoms with van der Waals surface area (Å²) in [4.78, 5) is 16.9. The van der Waals surface area contributed by atoms with E-state index in [1.165, 1.54) is 0 Å². The van der Waals surface area contributed by atoms with Crippen LogP contribution in [0.2, 0.25) is 5.28 Å². The number of nitrogens with zero attached hydrogens (tertiary/aromatic N) is 4. The molecule has 0 atom stereocenters. The Balaban J connectivity index is 0.000000153. The molecule has 0 saturated carbocycles. The molecule has 0 radical (unpaired) electrons. The summed E-state index contributed by atoms with van der Waals surface area (Å²) in [5.41, 5.74) is 14.8. The largest absolute Gasteiger partial charge is 0.488 e. The number of para-hydroxylation sites is 6. The fourth-order valence-corrected chi connectivity index (χ4v) is 9.71. The molecule has 9 nitrogen and oxygen atoms in total. The van der Waals surface area contributed by atoms with Crippen LogP contribution in [0.5, 0.6) is 0 Å². The lowest BCUT2D eigenvalue weighted by Gasteiger charge is -2.08. The third-order valence-electron chi connectivity index (χ3n) is 12.9. The monoisotopic (exact) mass is 1040 g/mol. The Hall–Kier alpha value is -8.71. The first-order valence-corrected chi connectivity index (χ1v) is 24.8. The van der Waals surface area contributed by atoms with Crippen molar-refractivity contribution in [1.82, 2.24) is 19.9 Å². The van der Waals surface area contributed by atoms with Crippen molar-refractivity contribution in [3.63, 3.8) is 0 Å². The zero-order chi connectivity index (χ0) is 50.1. The maximum atomic E-state index is 9.35. The quantitative estimate of drug-likeness (QED) is 0.123. The van der Waals surface area contributed by atoms with E-state index < -0.39 is 7.12 Å². The van der Waals surface area contributed by atoms with Gasteiger partial charge in [-0.2, -0.15) is 0 Å². The van der Waals surface area contributed by atoms with Crippen molar-refractivity contribution in [3.05, 3.63) is 235 Å². The Kier molecular flexibility index (Phi) is 12.6. The van der Waals surface area contributed by atoms with Crippen molar-refractivity contribution >= 4 is 106 Å². The Morgan fingerprint density at radius 1 is 0.365 bits per heavy atom. The van der Waals surface area contributed by atoms with E-state index in [4.69, 9.17) is 34.8 Å². The molecule has 0 saturated heterocycles. The fourth-order valence-electron chi connectivity index (χ4n) is 9.41. The molecule has 9 aromatic carbocycles. The maximum Gasteiger partial charge on any atom is 0.488 e. The highest BCUT2D eigenvalue weighted by atomic mass is 79.9. The van der Waals surface area contributed by atoms with Crippen molar-refractivity contribution in [3.8, 4) is 55.9 Å². The molecule has 74 heavy (non-hydrogen) atoms. The maximum absolute atomic E-state index is 9.35. The van der Waals surface area contributed by atoms with Crippen molar-refractivity contribution < 1.29 is 23.3 Å². The lowest BCUT2D eigenvalue weighted by molar-refractivity contribution is 0.426. The molecule has 5 heterocycles. The summed E-state index contributed by atoms with van der Waals surface area (Å²) in [6.07, 6.45) is 6.98. The zero-order valence-corrected chi connectivity index (χ0v) is 41.4. The van der Waals surface area contributed by atoms with Crippen LogP contribution >= 0.6 is 27.5 Å². The second-order valence-corrected chi connectivity index (χ2v) is 18.7. The number of aromatic nitrogens is 4. The van der Waals surface area contributed by atoms with Gasteiger partial charge >= 0.3 is 7.12 Å². The van der Waals surface area contributed by atoms with E-state index in [9.17, 15) is 10.0 Å². The van der Waals surface area contributed by atoms with Gasteiger partial charge in [0, 0.05) is 84.9 Å². The number of hydrogen-bond acceptors (Lipinski definition) is 9. The normalized spacial score (nSPS) is 11.2. The molecule has 14 aromatic rings. The van der Waals surface area contributed by atoms with Crippen LogP contribution in [0.4, 0.5) is 0 Å². The number of furan rings is 3. The van der Waals surface area contributed by atoms with Gasteiger partial charge in [0.1, 0.15) is 33.5 Å². The Morgan fingerprint density at radius 2 is 0.743 bits per heavy atom. The summed E-state index contributed by atoms with van der Waals surface area (Å²) < 4.78 is 19.4. The van der Waals surface area contributed by atoms with Gasteiger partial charge < -0.3 is 23.3 Å². The third-order valence-corrected chi connectivity index (χ3v) is 13.5. The molecule has 0 aliphatic carbocycles. The van der Waals surface area contributed by atoms with Crippen molar-refractivity contribution in [2.24, 2.45) is 0 Å². The summed E-state index contributed by atoms with van der Waals surface area (Å²) >= 11 is 8.53. The van der Waals surface area contributed by atoms with Crippen molar-refractivity contribution in [1.29, 1.82) is 0 Å². The molecule has 5 aromatic heterocycles. The van der Waals surface area contributed by atoms with E-state index in [1.54, 1.807) is 24.5 Å². The molecule has 0 bridgehead atoms. The van der Waals surface area contributed by atoms with Crippen LogP contribution in [0, 0.1) is 0 Å². The molecule has 0 unspecified atom stereocenters. The van der Waals surface area contributed by atoms with Gasteiger partial charge in [0.15, 0.2) is 5.82 Å². The van der Waals surface area contributed by atoms with E-state index in [-0.39, 0.29) is 5.28 Å². The average molecular weight is 1050 g/mol. The van der Waals surface area contributed by atoms with E-state index in [0.29, 0.717) is 11.3 Å². The number of halogens is 2. The van der Waals surface area contributed by atoms with Gasteiger partial charge in [0.05, 0.1) is 4.47 Å². The molecule has 0 aliphatic rings. The topological polar surface area (TPSA) is 131 Å². The highest BCUT2D eigenvalue weighted by Gasteiger charge is 2.17. The molecule has 0 amide bonds. The molecule has 0 aliphatic heterocycles. The van der Waals surface area contributed by atoms with Crippen LogP contribution in [0.3, 0.4) is 0 Å². The SMILES string of the molecule is Clc1ncc(Br)cn1.OB(O)c1cccc(-c2cccc3c2oc2ccccc23)c1.c1cc(-c2cnc(-c3cccc(-c4cccc5c4oc4ccccc45)c3)nc2)cc(-c2cccc3c2oc2ccccc23)c1. The van der Waals surface area contributed by atoms with Gasteiger partial charge in [-0.3, -0.25) is 0 Å². The van der Waals surface area contributed by atoms with Gasteiger partial charge in [-0.1, -0.05) is 170 Å². The van der Waals surface area contributed by atoms with Crippen LogP contribution in [0.15, 0.2) is 243 Å². The summed E-state index contributed by atoms with van der Waals surface area (Å²) in [5, 5.41) is 25.6. The van der Waals surface area contributed by atoms with Crippen LogP contribution in [-0.4, -0.2) is 37.1 Å². The lowest BCUT2D eigenvalue weighted by Crippen LogP contribution is -2.29. The van der Waals surface area contributed by atoms with Crippen LogP contribution in [-0.2, 0) is 0 Å². The van der Waals surface area contributed by atoms with E-state index in [1.807, 2.05) is 116 Å². The summed E-state index contributed by atoms with van der Waals surface area (Å²) in [5.74, 6) is 0.676. The first-order valence-electron chi connectivity index (χ1n) is 23.7. The summed E-state index contributed by atoms with van der Waals surface area (Å²) in [6.45, 7) is 0. The second kappa shape index (κ2) is 20.1. The molecule has 354 valence electrons. The molecule has 0 spiro atoms. The number of fused-ring (bicyclic) bond motifs is 9. The summed E-state index contributed by atoms with van der Waals surface area (Å²) in [7, 11) is -1.48. The first kappa shape index (κ1) is 46.4. The smallest absolute Gasteiger partial charge is 0.455 e. The lowest BCUT2D eigenvalue weighted by atomic mass is 9.79. The standard InChI is InChI=1S/C40H24N2O2.C18H13BO3.C4H2BrClN2/c1-3-19-36-32(13-1)34-17-7-15-30(38(34)43-36)26-10-5-9-25(21-26)29-23-41-40(42-24-29)28-12-6-11-27(22-28)31-16-8-18-35-33-14-2-4-20-37(33)44-39(31)35;20-19(21)13-6-3-5-12(11-13)14-8-4-9-16-15-7-1-2-10-17(15)22-18(14)16;5-3-1-7-4(6)8-2-3/h1-24H;1-11,20-21H;1-2H. The minimum absolute atomic E-state index is 0.271. The highest BCUT2D eigenvalue weighted by Crippen LogP contribution is 2.39. The van der Waals surface area contributed by atoms with E-state index >= 15 is 0 Å².